The van der Waals surface area contributed by atoms with Crippen LogP contribution < -0.4 is 4.90 Å². The highest BCUT2D eigenvalue weighted by Crippen LogP contribution is 2.21. The predicted octanol–water partition coefficient (Wildman–Crippen LogP) is 1.02. The number of aliphatic hydroxyl groups is 1. The Kier molecular flexibility index (Phi) is 3.64. The van der Waals surface area contributed by atoms with Gasteiger partial charge in [0.1, 0.15) is 5.82 Å². The lowest BCUT2D eigenvalue weighted by molar-refractivity contribution is 0.280. The molecule has 0 spiro atoms. The lowest BCUT2D eigenvalue weighted by Gasteiger charge is -2.21. The zero-order valence-corrected chi connectivity index (χ0v) is 10.8. The normalized spacial score (nSPS) is 20.3. The molecule has 0 aromatic carbocycles. The first-order chi connectivity index (χ1) is 8.11. The summed E-state index contributed by atoms with van der Waals surface area (Å²) in [6.07, 6.45) is 1.19. The zero-order valence-electron chi connectivity index (χ0n) is 10.8. The number of hydrogen-bond donors (Lipinski definition) is 1. The first-order valence-electron chi connectivity index (χ1n) is 6.10. The largest absolute Gasteiger partial charge is 0.392 e. The predicted molar refractivity (Wildman–Crippen MR) is 69.2 cm³/mol. The average Bonchev–Trinajstić information content (AvgIpc) is 2.78. The second kappa shape index (κ2) is 5.02. The number of aryl methyl sites for hydroxylation is 1. The number of aliphatic hydroxyl groups excluding tert-OH is 1. The van der Waals surface area contributed by atoms with Crippen LogP contribution >= 0.6 is 0 Å². The second-order valence-corrected chi connectivity index (χ2v) is 4.92. The fraction of sp³-hybridized carbons (Fsp3) is 0.615. The first-order valence-corrected chi connectivity index (χ1v) is 6.10. The molecule has 1 N–H and O–H groups in total. The minimum atomic E-state index is 0.0689. The van der Waals surface area contributed by atoms with E-state index in [1.54, 1.807) is 0 Å². The van der Waals surface area contributed by atoms with Gasteiger partial charge in [-0.05, 0) is 39.1 Å². The van der Waals surface area contributed by atoms with Crippen molar-refractivity contribution in [3.8, 4) is 0 Å². The van der Waals surface area contributed by atoms with Gasteiger partial charge in [0.05, 0.1) is 6.61 Å². The summed E-state index contributed by atoms with van der Waals surface area (Å²) < 4.78 is 0. The minimum absolute atomic E-state index is 0.0689. The quantitative estimate of drug-likeness (QED) is 0.849. The molecule has 1 saturated heterocycles. The van der Waals surface area contributed by atoms with Gasteiger partial charge in [-0.25, -0.2) is 4.98 Å². The lowest BCUT2D eigenvalue weighted by Crippen LogP contribution is -2.31. The maximum absolute atomic E-state index is 9.13. The summed E-state index contributed by atoms with van der Waals surface area (Å²) in [5.41, 5.74) is 1.84. The summed E-state index contributed by atoms with van der Waals surface area (Å²) in [6.45, 7) is 4.12. The number of rotatable bonds is 3. The van der Waals surface area contributed by atoms with Gasteiger partial charge in [-0.15, -0.1) is 0 Å². The van der Waals surface area contributed by atoms with Crippen LogP contribution in [0.1, 0.15) is 17.7 Å². The van der Waals surface area contributed by atoms with Gasteiger partial charge in [0.25, 0.3) is 0 Å². The maximum Gasteiger partial charge on any atom is 0.128 e. The van der Waals surface area contributed by atoms with Crippen molar-refractivity contribution in [1.82, 2.24) is 9.88 Å². The molecule has 0 radical (unpaired) electrons. The molecule has 17 heavy (non-hydrogen) atoms. The van der Waals surface area contributed by atoms with Crippen LogP contribution in [0.4, 0.5) is 5.82 Å². The standard InChI is InChI=1S/C13H21N3O/c1-10-11(9-17)4-5-13(14-10)16-7-6-12(8-16)15(2)3/h4-5,12,17H,6-9H2,1-3H3. The second-order valence-electron chi connectivity index (χ2n) is 4.92. The van der Waals surface area contributed by atoms with E-state index in [1.165, 1.54) is 6.42 Å². The minimum Gasteiger partial charge on any atom is -0.392 e. The SMILES string of the molecule is Cc1nc(N2CCC(N(C)C)C2)ccc1CO. The first kappa shape index (κ1) is 12.3. The van der Waals surface area contributed by atoms with Crippen LogP contribution in [0, 0.1) is 6.92 Å². The smallest absolute Gasteiger partial charge is 0.128 e. The van der Waals surface area contributed by atoms with E-state index in [9.17, 15) is 0 Å². The Labute approximate surface area is 103 Å². The highest BCUT2D eigenvalue weighted by molar-refractivity contribution is 5.43. The molecule has 1 aromatic heterocycles. The van der Waals surface area contributed by atoms with Crippen LogP contribution in [0.15, 0.2) is 12.1 Å². The Hall–Kier alpha value is -1.13. The van der Waals surface area contributed by atoms with E-state index in [-0.39, 0.29) is 6.61 Å². The van der Waals surface area contributed by atoms with Crippen LogP contribution in [0.25, 0.3) is 0 Å². The van der Waals surface area contributed by atoms with Crippen molar-refractivity contribution in [1.29, 1.82) is 0 Å². The number of nitrogens with zero attached hydrogens (tertiary/aromatic N) is 3. The molecule has 1 fully saturated rings. The summed E-state index contributed by atoms with van der Waals surface area (Å²) in [7, 11) is 4.25. The van der Waals surface area contributed by atoms with E-state index in [0.717, 1.165) is 30.2 Å². The number of aromatic nitrogens is 1. The summed E-state index contributed by atoms with van der Waals surface area (Å²) in [6, 6.07) is 4.60. The number of anilines is 1. The van der Waals surface area contributed by atoms with Gasteiger partial charge in [0, 0.05) is 24.8 Å². The van der Waals surface area contributed by atoms with Crippen LogP contribution in [0.2, 0.25) is 0 Å². The summed E-state index contributed by atoms with van der Waals surface area (Å²) in [5.74, 6) is 1.03. The molecule has 1 aliphatic heterocycles. The molecule has 0 amide bonds. The van der Waals surface area contributed by atoms with Crippen molar-refractivity contribution in [2.45, 2.75) is 26.0 Å². The molecular formula is C13H21N3O. The van der Waals surface area contributed by atoms with Crippen LogP contribution in [-0.2, 0) is 6.61 Å². The van der Waals surface area contributed by atoms with E-state index in [2.05, 4.69) is 28.9 Å². The van der Waals surface area contributed by atoms with Gasteiger partial charge in [0.2, 0.25) is 0 Å². The summed E-state index contributed by atoms with van der Waals surface area (Å²) in [5, 5.41) is 9.13. The highest BCUT2D eigenvalue weighted by atomic mass is 16.3. The van der Waals surface area contributed by atoms with Crippen LogP contribution in [0.3, 0.4) is 0 Å². The van der Waals surface area contributed by atoms with E-state index in [1.807, 2.05) is 19.1 Å². The number of pyridine rings is 1. The van der Waals surface area contributed by atoms with Crippen molar-refractivity contribution in [2.75, 3.05) is 32.1 Å². The molecule has 94 valence electrons. The molecule has 2 rings (SSSR count). The monoisotopic (exact) mass is 235 g/mol. The molecule has 4 nitrogen and oxygen atoms in total. The Balaban J connectivity index is 2.11. The van der Waals surface area contributed by atoms with Crippen molar-refractivity contribution in [3.05, 3.63) is 23.4 Å². The van der Waals surface area contributed by atoms with Crippen molar-refractivity contribution in [3.63, 3.8) is 0 Å². The molecule has 1 atom stereocenters. The van der Waals surface area contributed by atoms with E-state index in [4.69, 9.17) is 5.11 Å². The highest BCUT2D eigenvalue weighted by Gasteiger charge is 2.24. The Morgan fingerprint density at radius 1 is 1.47 bits per heavy atom. The van der Waals surface area contributed by atoms with Gasteiger partial charge in [0.15, 0.2) is 0 Å². The van der Waals surface area contributed by atoms with Crippen molar-refractivity contribution < 1.29 is 5.11 Å². The number of likely N-dealkylation sites (N-methyl/N-ethyl adjacent to an activating group) is 1. The summed E-state index contributed by atoms with van der Waals surface area (Å²) >= 11 is 0. The van der Waals surface area contributed by atoms with Gasteiger partial charge in [-0.3, -0.25) is 0 Å². The molecule has 0 bridgehead atoms. The Morgan fingerprint density at radius 3 is 2.76 bits per heavy atom. The fourth-order valence-corrected chi connectivity index (χ4v) is 2.29. The Morgan fingerprint density at radius 2 is 2.24 bits per heavy atom. The van der Waals surface area contributed by atoms with E-state index in [0.29, 0.717) is 6.04 Å². The van der Waals surface area contributed by atoms with Crippen molar-refractivity contribution >= 4 is 5.82 Å². The zero-order chi connectivity index (χ0) is 12.4. The van der Waals surface area contributed by atoms with Crippen LogP contribution in [0.5, 0.6) is 0 Å². The number of hydrogen-bond acceptors (Lipinski definition) is 4. The third kappa shape index (κ3) is 2.58. The fourth-order valence-electron chi connectivity index (χ4n) is 2.29. The average molecular weight is 235 g/mol. The molecule has 0 aliphatic carbocycles. The van der Waals surface area contributed by atoms with E-state index >= 15 is 0 Å². The van der Waals surface area contributed by atoms with Gasteiger partial charge >= 0.3 is 0 Å². The Bertz CT molecular complexity index is 392. The maximum atomic E-state index is 9.13. The molecule has 2 heterocycles. The van der Waals surface area contributed by atoms with Gasteiger partial charge in [-0.1, -0.05) is 6.07 Å². The third-order valence-electron chi connectivity index (χ3n) is 3.57. The van der Waals surface area contributed by atoms with Crippen molar-refractivity contribution in [2.24, 2.45) is 0 Å². The molecule has 0 saturated carbocycles. The van der Waals surface area contributed by atoms with Gasteiger partial charge in [-0.2, -0.15) is 0 Å². The molecule has 1 aliphatic rings. The van der Waals surface area contributed by atoms with Gasteiger partial charge < -0.3 is 14.9 Å². The third-order valence-corrected chi connectivity index (χ3v) is 3.57. The topological polar surface area (TPSA) is 39.6 Å². The molecular weight excluding hydrogens is 214 g/mol. The molecule has 1 unspecified atom stereocenters. The molecule has 1 aromatic rings. The molecule has 4 heteroatoms. The lowest BCUT2D eigenvalue weighted by atomic mass is 10.2. The van der Waals surface area contributed by atoms with Crippen LogP contribution in [-0.4, -0.2) is 48.2 Å². The summed E-state index contributed by atoms with van der Waals surface area (Å²) in [4.78, 5) is 9.16. The van der Waals surface area contributed by atoms with E-state index < -0.39 is 0 Å².